The van der Waals surface area contributed by atoms with Gasteiger partial charge >= 0.3 is 0 Å². The third-order valence-corrected chi connectivity index (χ3v) is 4.49. The number of likely N-dealkylation sites (tertiary alicyclic amines) is 1. The van der Waals surface area contributed by atoms with Crippen molar-refractivity contribution in [2.75, 3.05) is 19.6 Å². The summed E-state index contributed by atoms with van der Waals surface area (Å²) in [5, 5.41) is 7.02. The van der Waals surface area contributed by atoms with Crippen LogP contribution in [0.1, 0.15) is 48.5 Å². The molecule has 1 amide bonds. The van der Waals surface area contributed by atoms with E-state index in [1.807, 2.05) is 6.92 Å². The third-order valence-electron chi connectivity index (χ3n) is 3.72. The fourth-order valence-electron chi connectivity index (χ4n) is 2.54. The Morgan fingerprint density at radius 2 is 2.16 bits per heavy atom. The zero-order valence-electron chi connectivity index (χ0n) is 11.7. The lowest BCUT2D eigenvalue weighted by molar-refractivity contribution is 0.0940. The van der Waals surface area contributed by atoms with Gasteiger partial charge in [0.05, 0.1) is 5.69 Å². The summed E-state index contributed by atoms with van der Waals surface area (Å²) in [5.74, 6) is -0.0236. The van der Waals surface area contributed by atoms with Crippen molar-refractivity contribution >= 4 is 17.4 Å². The first kappa shape index (κ1) is 14.4. The van der Waals surface area contributed by atoms with Crippen molar-refractivity contribution in [3.63, 3.8) is 0 Å². The Labute approximate surface area is 118 Å². The molecule has 1 aromatic rings. The molecular formula is C13H22N4OS. The number of carbonyl (C=O) groups is 1. The highest BCUT2D eigenvalue weighted by Gasteiger charge is 2.22. The van der Waals surface area contributed by atoms with Crippen LogP contribution in [0.25, 0.3) is 0 Å². The van der Waals surface area contributed by atoms with Crippen molar-refractivity contribution in [3.05, 3.63) is 10.6 Å². The predicted molar refractivity (Wildman–Crippen MR) is 76.5 cm³/mol. The molecular weight excluding hydrogens is 260 g/mol. The third kappa shape index (κ3) is 3.51. The molecule has 106 valence electrons. The van der Waals surface area contributed by atoms with Crippen molar-refractivity contribution in [1.29, 1.82) is 0 Å². The van der Waals surface area contributed by atoms with E-state index in [2.05, 4.69) is 26.7 Å². The van der Waals surface area contributed by atoms with E-state index >= 15 is 0 Å². The van der Waals surface area contributed by atoms with Crippen LogP contribution in [0.4, 0.5) is 0 Å². The molecule has 0 aliphatic carbocycles. The normalized spacial score (nSPS) is 17.6. The van der Waals surface area contributed by atoms with Crippen LogP contribution in [0.15, 0.2) is 0 Å². The predicted octanol–water partition coefficient (Wildman–Crippen LogP) is 1.70. The van der Waals surface area contributed by atoms with Crippen molar-refractivity contribution in [1.82, 2.24) is 19.8 Å². The molecule has 0 radical (unpaired) electrons. The van der Waals surface area contributed by atoms with Gasteiger partial charge in [0.25, 0.3) is 5.91 Å². The Hall–Kier alpha value is -1.01. The number of carbonyl (C=O) groups excluding carboxylic acids is 1. The van der Waals surface area contributed by atoms with E-state index in [-0.39, 0.29) is 5.91 Å². The summed E-state index contributed by atoms with van der Waals surface area (Å²) in [6.07, 6.45) is 4.39. The number of rotatable bonds is 6. The van der Waals surface area contributed by atoms with E-state index in [1.54, 1.807) is 0 Å². The molecule has 1 atom stereocenters. The summed E-state index contributed by atoms with van der Waals surface area (Å²) in [6, 6.07) is 0.456. The highest BCUT2D eigenvalue weighted by Crippen LogP contribution is 2.14. The van der Waals surface area contributed by atoms with Crippen molar-refractivity contribution in [2.45, 2.75) is 45.6 Å². The van der Waals surface area contributed by atoms with Crippen LogP contribution in [0.5, 0.6) is 0 Å². The maximum absolute atomic E-state index is 12.1. The van der Waals surface area contributed by atoms with Gasteiger partial charge in [-0.2, -0.15) is 0 Å². The molecule has 1 N–H and O–H groups in total. The summed E-state index contributed by atoms with van der Waals surface area (Å²) in [5.41, 5.74) is 0.803. The van der Waals surface area contributed by atoms with Gasteiger partial charge < -0.3 is 5.32 Å². The van der Waals surface area contributed by atoms with Crippen LogP contribution >= 0.6 is 11.5 Å². The average molecular weight is 282 g/mol. The van der Waals surface area contributed by atoms with E-state index in [0.717, 1.165) is 38.2 Å². The molecule has 1 aliphatic heterocycles. The second-order valence-electron chi connectivity index (χ2n) is 4.92. The molecule has 1 unspecified atom stereocenters. The van der Waals surface area contributed by atoms with Crippen LogP contribution in [-0.4, -0.2) is 46.1 Å². The molecule has 0 saturated carbocycles. The summed E-state index contributed by atoms with van der Waals surface area (Å²) in [7, 11) is 0. The van der Waals surface area contributed by atoms with Crippen LogP contribution in [0.2, 0.25) is 0 Å². The summed E-state index contributed by atoms with van der Waals surface area (Å²) in [6.45, 7) is 7.22. The van der Waals surface area contributed by atoms with Gasteiger partial charge in [-0.1, -0.05) is 18.3 Å². The van der Waals surface area contributed by atoms with Crippen molar-refractivity contribution < 1.29 is 4.79 Å². The fraction of sp³-hybridized carbons (Fsp3) is 0.769. The van der Waals surface area contributed by atoms with E-state index in [9.17, 15) is 4.79 Å². The molecule has 19 heavy (non-hydrogen) atoms. The zero-order chi connectivity index (χ0) is 13.7. The molecule has 1 saturated heterocycles. The van der Waals surface area contributed by atoms with E-state index in [0.29, 0.717) is 10.9 Å². The molecule has 0 aromatic carbocycles. The molecule has 2 rings (SSSR count). The first-order chi connectivity index (χ1) is 9.26. The van der Waals surface area contributed by atoms with Gasteiger partial charge in [-0.3, -0.25) is 9.69 Å². The number of nitrogens with one attached hydrogen (secondary N) is 1. The Morgan fingerprint density at radius 3 is 2.79 bits per heavy atom. The van der Waals surface area contributed by atoms with E-state index in [1.165, 1.54) is 24.4 Å². The van der Waals surface area contributed by atoms with E-state index < -0.39 is 0 Å². The lowest BCUT2D eigenvalue weighted by Gasteiger charge is -2.26. The van der Waals surface area contributed by atoms with E-state index in [4.69, 9.17) is 0 Å². The smallest absolute Gasteiger partial charge is 0.265 e. The number of hydrogen-bond acceptors (Lipinski definition) is 5. The lowest BCUT2D eigenvalue weighted by Crippen LogP contribution is -2.42. The minimum absolute atomic E-state index is 0.0236. The van der Waals surface area contributed by atoms with Gasteiger partial charge in [0.1, 0.15) is 4.88 Å². The standard InChI is InChI=1S/C13H22N4OS/c1-3-10(17-7-5-6-8-17)9-14-13(18)12-11(4-2)15-16-19-12/h10H,3-9H2,1-2H3,(H,14,18). The van der Waals surface area contributed by atoms with Crippen molar-refractivity contribution in [2.24, 2.45) is 0 Å². The Bertz CT molecular complexity index is 415. The minimum Gasteiger partial charge on any atom is -0.350 e. The number of hydrogen-bond donors (Lipinski definition) is 1. The largest absolute Gasteiger partial charge is 0.350 e. The van der Waals surface area contributed by atoms with Gasteiger partial charge in [0.15, 0.2) is 0 Å². The van der Waals surface area contributed by atoms with Crippen molar-refractivity contribution in [3.8, 4) is 0 Å². The minimum atomic E-state index is -0.0236. The van der Waals surface area contributed by atoms with Gasteiger partial charge in [-0.05, 0) is 50.3 Å². The number of nitrogens with zero attached hydrogens (tertiary/aromatic N) is 3. The monoisotopic (exact) mass is 282 g/mol. The number of amides is 1. The van der Waals surface area contributed by atoms with Gasteiger partial charge in [-0.25, -0.2) is 0 Å². The fourth-order valence-corrected chi connectivity index (χ4v) is 3.21. The molecule has 0 bridgehead atoms. The number of aromatic nitrogens is 2. The van der Waals surface area contributed by atoms with Crippen LogP contribution in [0, 0.1) is 0 Å². The molecule has 1 aliphatic rings. The van der Waals surface area contributed by atoms with Crippen LogP contribution in [-0.2, 0) is 6.42 Å². The second kappa shape index (κ2) is 6.96. The molecule has 1 fully saturated rings. The molecule has 0 spiro atoms. The maximum atomic E-state index is 12.1. The molecule has 2 heterocycles. The summed E-state index contributed by atoms with van der Waals surface area (Å²) in [4.78, 5) is 15.3. The number of aryl methyl sites for hydroxylation is 1. The van der Waals surface area contributed by atoms with Crippen LogP contribution < -0.4 is 5.32 Å². The highest BCUT2D eigenvalue weighted by molar-refractivity contribution is 7.08. The Kier molecular flexibility index (Phi) is 5.27. The first-order valence-electron chi connectivity index (χ1n) is 7.09. The zero-order valence-corrected chi connectivity index (χ0v) is 12.5. The Morgan fingerprint density at radius 1 is 1.42 bits per heavy atom. The first-order valence-corrected chi connectivity index (χ1v) is 7.87. The summed E-state index contributed by atoms with van der Waals surface area (Å²) < 4.78 is 3.86. The molecule has 5 nitrogen and oxygen atoms in total. The van der Waals surface area contributed by atoms with Gasteiger partial charge in [0.2, 0.25) is 0 Å². The van der Waals surface area contributed by atoms with Crippen LogP contribution in [0.3, 0.4) is 0 Å². The summed E-state index contributed by atoms with van der Waals surface area (Å²) >= 11 is 1.19. The molecule has 6 heteroatoms. The lowest BCUT2D eigenvalue weighted by atomic mass is 10.2. The SMILES string of the molecule is CCc1nnsc1C(=O)NCC(CC)N1CCCC1. The maximum Gasteiger partial charge on any atom is 0.265 e. The topological polar surface area (TPSA) is 58.1 Å². The second-order valence-corrected chi connectivity index (χ2v) is 5.67. The average Bonchev–Trinajstić information content (AvgIpc) is 3.10. The highest BCUT2D eigenvalue weighted by atomic mass is 32.1. The van der Waals surface area contributed by atoms with Gasteiger partial charge in [-0.15, -0.1) is 5.10 Å². The molecule has 1 aromatic heterocycles. The van der Waals surface area contributed by atoms with Gasteiger partial charge in [0, 0.05) is 12.6 Å². The Balaban J connectivity index is 1.88. The quantitative estimate of drug-likeness (QED) is 0.863.